The second-order valence-corrected chi connectivity index (χ2v) is 9.59. The molecule has 188 valence electrons. The first-order chi connectivity index (χ1) is 17.2. The van der Waals surface area contributed by atoms with Crippen LogP contribution < -0.4 is 4.90 Å². The van der Waals surface area contributed by atoms with Crippen molar-refractivity contribution in [1.82, 2.24) is 24.6 Å². The molecule has 2 aromatic heterocycles. The van der Waals surface area contributed by atoms with Crippen LogP contribution in [0, 0.1) is 23.2 Å². The molecule has 4 heterocycles. The Balaban J connectivity index is 1.37. The fourth-order valence-corrected chi connectivity index (χ4v) is 5.51. The van der Waals surface area contributed by atoms with Gasteiger partial charge in [-0.25, -0.2) is 0 Å². The zero-order valence-electron chi connectivity index (χ0n) is 19.5. The van der Waals surface area contributed by atoms with Crippen LogP contribution in [0.25, 0.3) is 10.9 Å². The molecule has 8 nitrogen and oxygen atoms in total. The zero-order chi connectivity index (χ0) is 25.6. The van der Waals surface area contributed by atoms with E-state index in [-0.39, 0.29) is 43.2 Å². The van der Waals surface area contributed by atoms with Gasteiger partial charge in [0.25, 0.3) is 0 Å². The van der Waals surface area contributed by atoms with E-state index in [9.17, 15) is 23.2 Å². The van der Waals surface area contributed by atoms with Crippen molar-refractivity contribution in [2.75, 3.05) is 24.5 Å². The molecule has 0 bridgehead atoms. The molecule has 1 aromatic carbocycles. The summed E-state index contributed by atoms with van der Waals surface area (Å²) >= 11 is 6.24. The second-order valence-electron chi connectivity index (χ2n) is 9.15. The number of benzene rings is 1. The number of piperidine rings is 1. The minimum Gasteiger partial charge on any atom is -0.370 e. The number of carbonyl (C=O) groups is 1. The molecule has 0 spiro atoms. The van der Waals surface area contributed by atoms with E-state index in [1.54, 1.807) is 23.2 Å². The van der Waals surface area contributed by atoms with E-state index in [1.807, 2.05) is 13.0 Å². The summed E-state index contributed by atoms with van der Waals surface area (Å²) in [6.45, 7) is 3.32. The molecule has 0 N–H and O–H groups in total. The second kappa shape index (κ2) is 9.24. The van der Waals surface area contributed by atoms with Crippen LogP contribution in [0.1, 0.15) is 37.0 Å². The number of alkyl halides is 3. The Morgan fingerprint density at radius 2 is 2.06 bits per heavy atom. The Morgan fingerprint density at radius 1 is 1.25 bits per heavy atom. The predicted octanol–water partition coefficient (Wildman–Crippen LogP) is 4.27. The van der Waals surface area contributed by atoms with E-state index in [0.29, 0.717) is 30.1 Å². The highest BCUT2D eigenvalue weighted by molar-refractivity contribution is 6.31. The summed E-state index contributed by atoms with van der Waals surface area (Å²) in [5.74, 6) is -1.23. The monoisotopic (exact) mass is 517 g/mol. The summed E-state index contributed by atoms with van der Waals surface area (Å²) in [6.07, 6.45) is -1.73. The third-order valence-electron chi connectivity index (χ3n) is 7.13. The molecule has 3 aromatic rings. The highest BCUT2D eigenvalue weighted by atomic mass is 35.5. The van der Waals surface area contributed by atoms with Crippen LogP contribution in [0.4, 0.5) is 18.9 Å². The van der Waals surface area contributed by atoms with Gasteiger partial charge in [-0.2, -0.15) is 18.4 Å². The largest absolute Gasteiger partial charge is 0.451 e. The summed E-state index contributed by atoms with van der Waals surface area (Å²) in [6, 6.07) is 7.60. The third-order valence-corrected chi connectivity index (χ3v) is 7.37. The molecule has 12 heteroatoms. The number of halogens is 4. The molecule has 5 rings (SSSR count). The van der Waals surface area contributed by atoms with Crippen molar-refractivity contribution in [3.8, 4) is 6.07 Å². The minimum absolute atomic E-state index is 0.00460. The number of fused-ring (bicyclic) bond motifs is 2. The van der Waals surface area contributed by atoms with Gasteiger partial charge in [-0.1, -0.05) is 24.9 Å². The lowest BCUT2D eigenvalue weighted by atomic mass is 9.82. The van der Waals surface area contributed by atoms with E-state index in [4.69, 9.17) is 11.6 Å². The topological polar surface area (TPSA) is 90.9 Å². The van der Waals surface area contributed by atoms with E-state index in [1.165, 1.54) is 0 Å². The van der Waals surface area contributed by atoms with E-state index in [0.717, 1.165) is 27.6 Å². The summed E-state index contributed by atoms with van der Waals surface area (Å²) < 4.78 is 40.5. The molecule has 2 aliphatic rings. The highest BCUT2D eigenvalue weighted by Gasteiger charge is 2.42. The van der Waals surface area contributed by atoms with Crippen LogP contribution in [0.5, 0.6) is 0 Å². The molecule has 1 fully saturated rings. The van der Waals surface area contributed by atoms with Crippen molar-refractivity contribution in [3.05, 3.63) is 46.6 Å². The SMILES string of the molecule is CC[C@@H]1CN(c2c(C#N)cnc3ccc(Cl)cc23)CC[C@@H]1C(=O)N1CCn2c(nnc2C(F)(F)F)C1. The molecule has 0 radical (unpaired) electrons. The lowest BCUT2D eigenvalue weighted by Crippen LogP contribution is -2.49. The summed E-state index contributed by atoms with van der Waals surface area (Å²) in [5, 5.41) is 18.1. The molecule has 2 aliphatic heterocycles. The van der Waals surface area contributed by atoms with Crippen LogP contribution in [0.2, 0.25) is 5.02 Å². The van der Waals surface area contributed by atoms with Gasteiger partial charge < -0.3 is 14.4 Å². The molecule has 0 unspecified atom stereocenters. The fourth-order valence-electron chi connectivity index (χ4n) is 5.34. The highest BCUT2D eigenvalue weighted by Crippen LogP contribution is 2.37. The number of carbonyl (C=O) groups excluding carboxylic acids is 1. The Morgan fingerprint density at radius 3 is 2.78 bits per heavy atom. The predicted molar refractivity (Wildman–Crippen MR) is 126 cm³/mol. The molecule has 0 aliphatic carbocycles. The first-order valence-corrected chi connectivity index (χ1v) is 12.1. The summed E-state index contributed by atoms with van der Waals surface area (Å²) in [5.41, 5.74) is 1.94. The normalized spacial score (nSPS) is 20.3. The maximum absolute atomic E-state index is 13.5. The van der Waals surface area contributed by atoms with Crippen LogP contribution in [-0.4, -0.2) is 50.2 Å². The van der Waals surface area contributed by atoms with E-state index < -0.39 is 12.0 Å². The lowest BCUT2D eigenvalue weighted by Gasteiger charge is -2.41. The minimum atomic E-state index is -4.58. The van der Waals surface area contributed by atoms with Crippen molar-refractivity contribution in [2.24, 2.45) is 11.8 Å². The summed E-state index contributed by atoms with van der Waals surface area (Å²) in [7, 11) is 0. The number of aromatic nitrogens is 4. The van der Waals surface area contributed by atoms with Crippen LogP contribution in [-0.2, 0) is 24.1 Å². The van der Waals surface area contributed by atoms with Gasteiger partial charge in [0.15, 0.2) is 5.82 Å². The van der Waals surface area contributed by atoms with Crippen molar-refractivity contribution in [3.63, 3.8) is 0 Å². The fraction of sp³-hybridized carbons (Fsp3) is 0.458. The number of nitriles is 1. The third kappa shape index (κ3) is 4.23. The van der Waals surface area contributed by atoms with Gasteiger partial charge >= 0.3 is 6.18 Å². The van der Waals surface area contributed by atoms with Gasteiger partial charge in [-0.15, -0.1) is 10.2 Å². The van der Waals surface area contributed by atoms with Gasteiger partial charge in [-0.05, 0) is 30.5 Å². The average molecular weight is 518 g/mol. The van der Waals surface area contributed by atoms with E-state index >= 15 is 0 Å². The number of pyridine rings is 1. The van der Waals surface area contributed by atoms with E-state index in [2.05, 4.69) is 26.2 Å². The molecule has 0 saturated carbocycles. The Hall–Kier alpha value is -3.39. The van der Waals surface area contributed by atoms with Gasteiger partial charge in [0, 0.05) is 48.7 Å². The van der Waals surface area contributed by atoms with Crippen molar-refractivity contribution < 1.29 is 18.0 Å². The smallest absolute Gasteiger partial charge is 0.370 e. The van der Waals surface area contributed by atoms with Gasteiger partial charge in [0.2, 0.25) is 11.7 Å². The average Bonchev–Trinajstić information content (AvgIpc) is 3.31. The first kappa shape index (κ1) is 24.3. The molecular formula is C24H23ClF3N7O. The number of nitrogens with zero attached hydrogens (tertiary/aromatic N) is 7. The Labute approximate surface area is 210 Å². The van der Waals surface area contributed by atoms with Crippen LogP contribution in [0.3, 0.4) is 0 Å². The Kier molecular flexibility index (Phi) is 6.24. The Bertz CT molecular complexity index is 1370. The van der Waals surface area contributed by atoms with Crippen molar-refractivity contribution in [2.45, 2.75) is 39.0 Å². The maximum atomic E-state index is 13.5. The molecule has 1 amide bonds. The number of amides is 1. The number of rotatable bonds is 3. The molecular weight excluding hydrogens is 495 g/mol. The first-order valence-electron chi connectivity index (χ1n) is 11.7. The van der Waals surface area contributed by atoms with Crippen molar-refractivity contribution in [1.29, 1.82) is 5.26 Å². The number of anilines is 1. The molecule has 36 heavy (non-hydrogen) atoms. The van der Waals surface area contributed by atoms with Crippen LogP contribution in [0.15, 0.2) is 24.4 Å². The van der Waals surface area contributed by atoms with Gasteiger partial charge in [-0.3, -0.25) is 9.78 Å². The van der Waals surface area contributed by atoms with Gasteiger partial charge in [0.1, 0.15) is 6.07 Å². The quantitative estimate of drug-likeness (QED) is 0.515. The standard InChI is InChI=1S/C24H23ClF3N7O/c1-2-14-12-33(21-15(10-29)11-30-19-4-3-16(25)9-18(19)21)6-5-17(14)22(36)34-7-8-35-20(13-34)31-32-23(35)24(26,27)28/h3-4,9,11,14,17H,2,5-8,12-13H2,1H3/t14-,17+/m1/s1. The lowest BCUT2D eigenvalue weighted by molar-refractivity contribution is -0.148. The van der Waals surface area contributed by atoms with Gasteiger partial charge in [0.05, 0.1) is 23.3 Å². The maximum Gasteiger partial charge on any atom is 0.451 e. The molecule has 1 saturated heterocycles. The van der Waals surface area contributed by atoms with Crippen molar-refractivity contribution >= 4 is 34.1 Å². The van der Waals surface area contributed by atoms with Crippen LogP contribution >= 0.6 is 11.6 Å². The zero-order valence-corrected chi connectivity index (χ0v) is 20.2. The number of hydrogen-bond acceptors (Lipinski definition) is 6. The summed E-state index contributed by atoms with van der Waals surface area (Å²) in [4.78, 5) is 21.6. The number of hydrogen-bond donors (Lipinski definition) is 0. The molecule has 2 atom stereocenters.